The van der Waals surface area contributed by atoms with Crippen molar-refractivity contribution in [3.63, 3.8) is 0 Å². The lowest BCUT2D eigenvalue weighted by Crippen LogP contribution is -2.42. The molecule has 1 fully saturated rings. The number of esters is 1. The maximum atomic E-state index is 13.0. The predicted octanol–water partition coefficient (Wildman–Crippen LogP) is 2.56. The SMILES string of the molecule is COC(=O)[C@@H]1CN(Cn2nc(-c3ccc(F)cc3)oc2=S)CCS1. The maximum absolute atomic E-state index is 13.0. The Morgan fingerprint density at radius 3 is 2.96 bits per heavy atom. The molecule has 0 unspecified atom stereocenters. The lowest BCUT2D eigenvalue weighted by Gasteiger charge is -2.30. The van der Waals surface area contributed by atoms with Gasteiger partial charge in [0, 0.05) is 24.4 Å². The number of hydrogen-bond donors (Lipinski definition) is 0. The summed E-state index contributed by atoms with van der Waals surface area (Å²) >= 11 is 6.79. The second kappa shape index (κ2) is 7.45. The van der Waals surface area contributed by atoms with Crippen LogP contribution in [0.4, 0.5) is 4.39 Å². The van der Waals surface area contributed by atoms with Crippen molar-refractivity contribution < 1.29 is 18.3 Å². The largest absolute Gasteiger partial charge is 0.468 e. The van der Waals surface area contributed by atoms with E-state index in [0.29, 0.717) is 24.7 Å². The third-order valence-corrected chi connectivity index (χ3v) is 5.10. The second-order valence-corrected chi connectivity index (χ2v) is 6.94. The Balaban J connectivity index is 1.73. The first-order valence-corrected chi connectivity index (χ1v) is 8.78. The molecular formula is C15H16FN3O3S2. The molecule has 0 aliphatic carbocycles. The number of carbonyl (C=O) groups excluding carboxylic acids is 1. The molecule has 24 heavy (non-hydrogen) atoms. The zero-order chi connectivity index (χ0) is 17.1. The third kappa shape index (κ3) is 3.85. The molecule has 1 aliphatic rings. The normalized spacial score (nSPS) is 18.5. The van der Waals surface area contributed by atoms with Crippen LogP contribution in [-0.2, 0) is 16.2 Å². The Morgan fingerprint density at radius 2 is 2.25 bits per heavy atom. The minimum atomic E-state index is -0.323. The average Bonchev–Trinajstić information content (AvgIpc) is 2.95. The van der Waals surface area contributed by atoms with E-state index in [1.165, 1.54) is 19.2 Å². The molecule has 9 heteroatoms. The zero-order valence-electron chi connectivity index (χ0n) is 13.0. The first kappa shape index (κ1) is 17.1. The van der Waals surface area contributed by atoms with Gasteiger partial charge < -0.3 is 9.15 Å². The van der Waals surface area contributed by atoms with Crippen LogP contribution in [0.5, 0.6) is 0 Å². The Morgan fingerprint density at radius 1 is 1.50 bits per heavy atom. The molecule has 1 aromatic carbocycles. The molecule has 1 atom stereocenters. The highest BCUT2D eigenvalue weighted by Crippen LogP contribution is 2.22. The average molecular weight is 369 g/mol. The van der Waals surface area contributed by atoms with E-state index in [4.69, 9.17) is 21.4 Å². The van der Waals surface area contributed by atoms with E-state index in [9.17, 15) is 9.18 Å². The molecule has 1 aliphatic heterocycles. The van der Waals surface area contributed by atoms with Crippen LogP contribution in [0, 0.1) is 10.7 Å². The van der Waals surface area contributed by atoms with Crippen molar-refractivity contribution in [2.75, 3.05) is 26.0 Å². The third-order valence-electron chi connectivity index (χ3n) is 3.65. The number of halogens is 1. The summed E-state index contributed by atoms with van der Waals surface area (Å²) in [6, 6.07) is 5.86. The maximum Gasteiger partial charge on any atom is 0.320 e. The van der Waals surface area contributed by atoms with E-state index in [0.717, 1.165) is 12.3 Å². The van der Waals surface area contributed by atoms with Gasteiger partial charge in [0.05, 0.1) is 13.8 Å². The summed E-state index contributed by atoms with van der Waals surface area (Å²) in [4.78, 5) is 14.0. The van der Waals surface area contributed by atoms with Gasteiger partial charge in [-0.25, -0.2) is 9.07 Å². The summed E-state index contributed by atoms with van der Waals surface area (Å²) in [6.45, 7) is 1.81. The summed E-state index contributed by atoms with van der Waals surface area (Å²) in [5.74, 6) is 0.628. The standard InChI is InChI=1S/C15H16FN3O3S2/c1-21-14(20)12-8-18(6-7-24-12)9-19-15(23)22-13(17-19)10-2-4-11(16)5-3-10/h2-5,12H,6-9H2,1H3/t12-/m0/s1. The fourth-order valence-electron chi connectivity index (χ4n) is 2.40. The highest BCUT2D eigenvalue weighted by Gasteiger charge is 2.27. The van der Waals surface area contributed by atoms with Gasteiger partial charge in [-0.05, 0) is 36.5 Å². The Hall–Kier alpha value is -1.71. The van der Waals surface area contributed by atoms with Gasteiger partial charge >= 0.3 is 5.97 Å². The molecule has 0 amide bonds. The minimum Gasteiger partial charge on any atom is -0.468 e. The molecule has 3 rings (SSSR count). The first-order valence-electron chi connectivity index (χ1n) is 7.32. The van der Waals surface area contributed by atoms with E-state index < -0.39 is 0 Å². The second-order valence-electron chi connectivity index (χ2n) is 5.28. The molecule has 0 bridgehead atoms. The lowest BCUT2D eigenvalue weighted by molar-refractivity contribution is -0.140. The molecule has 0 N–H and O–H groups in total. The van der Waals surface area contributed by atoms with Gasteiger partial charge in [-0.3, -0.25) is 9.69 Å². The molecule has 2 aromatic rings. The Bertz CT molecular complexity index is 775. The molecule has 128 valence electrons. The predicted molar refractivity (Wildman–Crippen MR) is 90.6 cm³/mol. The number of ether oxygens (including phenoxy) is 1. The van der Waals surface area contributed by atoms with Gasteiger partial charge in [0.25, 0.3) is 4.84 Å². The van der Waals surface area contributed by atoms with E-state index in [1.807, 2.05) is 0 Å². The molecule has 0 saturated carbocycles. The number of benzene rings is 1. The topological polar surface area (TPSA) is 60.5 Å². The van der Waals surface area contributed by atoms with Crippen molar-refractivity contribution in [2.24, 2.45) is 0 Å². The number of methoxy groups -OCH3 is 1. The fraction of sp³-hybridized carbons (Fsp3) is 0.400. The van der Waals surface area contributed by atoms with Crippen LogP contribution in [0.25, 0.3) is 11.5 Å². The number of aromatic nitrogens is 2. The molecule has 1 saturated heterocycles. The van der Waals surface area contributed by atoms with E-state index in [-0.39, 0.29) is 21.9 Å². The van der Waals surface area contributed by atoms with Crippen LogP contribution in [0.3, 0.4) is 0 Å². The number of nitrogens with zero attached hydrogens (tertiary/aromatic N) is 3. The van der Waals surface area contributed by atoms with Crippen LogP contribution in [0.1, 0.15) is 0 Å². The summed E-state index contributed by atoms with van der Waals surface area (Å²) in [5.41, 5.74) is 0.655. The van der Waals surface area contributed by atoms with Gasteiger partial charge in [-0.15, -0.1) is 16.9 Å². The summed E-state index contributed by atoms with van der Waals surface area (Å²) in [6.07, 6.45) is 0. The van der Waals surface area contributed by atoms with Gasteiger partial charge in [0.15, 0.2) is 0 Å². The molecule has 0 spiro atoms. The Kier molecular flexibility index (Phi) is 5.32. The van der Waals surface area contributed by atoms with Crippen molar-refractivity contribution in [1.29, 1.82) is 0 Å². The number of hydrogen-bond acceptors (Lipinski definition) is 7. The number of thioether (sulfide) groups is 1. The van der Waals surface area contributed by atoms with Crippen LogP contribution in [0.2, 0.25) is 0 Å². The monoisotopic (exact) mass is 369 g/mol. The molecule has 1 aromatic heterocycles. The zero-order valence-corrected chi connectivity index (χ0v) is 14.6. The molecule has 2 heterocycles. The van der Waals surface area contributed by atoms with E-state index in [1.54, 1.807) is 28.6 Å². The summed E-state index contributed by atoms with van der Waals surface area (Å²) < 4.78 is 24.9. The van der Waals surface area contributed by atoms with Crippen LogP contribution in [0.15, 0.2) is 28.7 Å². The van der Waals surface area contributed by atoms with Gasteiger partial charge in [0.2, 0.25) is 5.89 Å². The number of carbonyl (C=O) groups is 1. The van der Waals surface area contributed by atoms with Crippen molar-refractivity contribution >= 4 is 29.9 Å². The van der Waals surface area contributed by atoms with Crippen LogP contribution < -0.4 is 0 Å². The van der Waals surface area contributed by atoms with Gasteiger partial charge in [-0.1, -0.05) is 0 Å². The van der Waals surface area contributed by atoms with E-state index >= 15 is 0 Å². The molecular weight excluding hydrogens is 353 g/mol. The van der Waals surface area contributed by atoms with Crippen LogP contribution >= 0.6 is 24.0 Å². The number of rotatable bonds is 4. The summed E-state index contributed by atoms with van der Waals surface area (Å²) in [7, 11) is 1.39. The highest BCUT2D eigenvalue weighted by atomic mass is 32.2. The van der Waals surface area contributed by atoms with Crippen molar-refractivity contribution in [3.05, 3.63) is 34.9 Å². The molecule has 6 nitrogen and oxygen atoms in total. The van der Waals surface area contributed by atoms with Crippen molar-refractivity contribution in [1.82, 2.24) is 14.7 Å². The quantitative estimate of drug-likeness (QED) is 0.606. The molecule has 0 radical (unpaired) electrons. The Labute approximate surface area is 147 Å². The van der Waals surface area contributed by atoms with Gasteiger partial charge in [0.1, 0.15) is 11.1 Å². The smallest absolute Gasteiger partial charge is 0.320 e. The first-order chi connectivity index (χ1) is 11.6. The minimum absolute atomic E-state index is 0.207. The lowest BCUT2D eigenvalue weighted by atomic mass is 10.2. The van der Waals surface area contributed by atoms with E-state index in [2.05, 4.69) is 10.00 Å². The van der Waals surface area contributed by atoms with Crippen molar-refractivity contribution in [3.8, 4) is 11.5 Å². The fourth-order valence-corrected chi connectivity index (χ4v) is 3.77. The summed E-state index contributed by atoms with van der Waals surface area (Å²) in [5, 5.41) is 4.15. The van der Waals surface area contributed by atoms with Crippen LogP contribution in [-0.4, -0.2) is 51.9 Å². The van der Waals surface area contributed by atoms with Crippen molar-refractivity contribution in [2.45, 2.75) is 11.9 Å². The highest BCUT2D eigenvalue weighted by molar-refractivity contribution is 8.00. The van der Waals surface area contributed by atoms with Gasteiger partial charge in [-0.2, -0.15) is 0 Å².